The topological polar surface area (TPSA) is 66.8 Å². The molecule has 142 valence electrons. The van der Waals surface area contributed by atoms with E-state index in [4.69, 9.17) is 4.74 Å². The summed E-state index contributed by atoms with van der Waals surface area (Å²) in [5.74, 6) is -0.777. The van der Waals surface area contributed by atoms with Crippen LogP contribution in [0, 0.1) is 12.3 Å². The first-order valence-corrected chi connectivity index (χ1v) is 10.00. The van der Waals surface area contributed by atoms with E-state index in [9.17, 15) is 14.7 Å². The number of hydrogen-bond acceptors (Lipinski definition) is 4. The monoisotopic (exact) mass is 377 g/mol. The summed E-state index contributed by atoms with van der Waals surface area (Å²) in [6, 6.07) is 8.28. The van der Waals surface area contributed by atoms with Crippen molar-refractivity contribution in [2.24, 2.45) is 5.41 Å². The second-order valence-electron chi connectivity index (χ2n) is 7.61. The third-order valence-corrected chi connectivity index (χ3v) is 7.13. The Morgan fingerprint density at radius 2 is 1.85 bits per heavy atom. The van der Waals surface area contributed by atoms with Crippen LogP contribution in [0.4, 0.5) is 0 Å². The van der Waals surface area contributed by atoms with E-state index in [1.165, 1.54) is 12.7 Å². The lowest BCUT2D eigenvalue weighted by Gasteiger charge is -2.33. The van der Waals surface area contributed by atoms with Crippen molar-refractivity contribution in [2.75, 3.05) is 26.8 Å². The molecule has 0 spiro atoms. The maximum Gasteiger partial charge on any atom is 0.313 e. The molecule has 1 N–H and O–H groups in total. The number of ether oxygens (including phenoxy) is 1. The highest BCUT2D eigenvalue weighted by Crippen LogP contribution is 2.47. The zero-order chi connectivity index (χ0) is 18.8. The predicted octanol–water partition coefficient (Wildman–Crippen LogP) is 3.35. The summed E-state index contributed by atoms with van der Waals surface area (Å²) in [5, 5.41) is 9.66. The molecule has 0 bridgehead atoms. The van der Waals surface area contributed by atoms with Crippen LogP contribution >= 0.6 is 11.8 Å². The number of nitrogens with zero attached hydrogens (tertiary/aromatic N) is 1. The van der Waals surface area contributed by atoms with E-state index < -0.39 is 16.1 Å². The van der Waals surface area contributed by atoms with Gasteiger partial charge in [-0.3, -0.25) is 9.59 Å². The van der Waals surface area contributed by atoms with Crippen LogP contribution in [-0.2, 0) is 14.3 Å². The molecule has 0 radical (unpaired) electrons. The molecule has 1 saturated carbocycles. The Hall–Kier alpha value is -1.53. The number of likely N-dealkylation sites (tertiary alicyclic amines) is 1. The number of aryl methyl sites for hydroxylation is 1. The van der Waals surface area contributed by atoms with Gasteiger partial charge in [-0.05, 0) is 38.3 Å². The van der Waals surface area contributed by atoms with Crippen LogP contribution in [0.25, 0.3) is 0 Å². The van der Waals surface area contributed by atoms with Crippen molar-refractivity contribution in [3.05, 3.63) is 29.8 Å². The molecule has 0 aromatic heterocycles. The van der Waals surface area contributed by atoms with Gasteiger partial charge in [0.2, 0.25) is 5.91 Å². The Labute approximate surface area is 159 Å². The van der Waals surface area contributed by atoms with Crippen LogP contribution in [0.15, 0.2) is 29.2 Å². The molecule has 2 fully saturated rings. The largest absolute Gasteiger partial charge is 0.481 e. The number of carbonyl (C=O) groups is 2. The van der Waals surface area contributed by atoms with Gasteiger partial charge in [0.05, 0.1) is 11.4 Å². The maximum atomic E-state index is 13.4. The Balaban J connectivity index is 1.79. The summed E-state index contributed by atoms with van der Waals surface area (Å²) in [4.78, 5) is 28.1. The van der Waals surface area contributed by atoms with E-state index in [2.05, 4.69) is 31.2 Å². The number of hydrogen-bond donors (Lipinski definition) is 1. The summed E-state index contributed by atoms with van der Waals surface area (Å²) < 4.78 is 4.69. The quantitative estimate of drug-likeness (QED) is 0.823. The standard InChI is InChI=1S/C20H27NO4S/c1-15-5-7-16(8-6-15)26-20(9-3-4-10-20)17(22)21-12-11-19(13-21,14-25-2)18(23)24/h5-8H,3-4,9-14H2,1-2H3,(H,23,24). The minimum absolute atomic E-state index is 0.0970. The Morgan fingerprint density at radius 3 is 2.42 bits per heavy atom. The fraction of sp³-hybridized carbons (Fsp3) is 0.600. The summed E-state index contributed by atoms with van der Waals surface area (Å²) in [7, 11) is 1.51. The van der Waals surface area contributed by atoms with E-state index in [0.717, 1.165) is 30.6 Å². The molecule has 2 aliphatic rings. The van der Waals surface area contributed by atoms with Crippen molar-refractivity contribution in [1.82, 2.24) is 4.90 Å². The smallest absolute Gasteiger partial charge is 0.313 e. The van der Waals surface area contributed by atoms with E-state index in [0.29, 0.717) is 13.0 Å². The third-order valence-electron chi connectivity index (χ3n) is 5.65. The van der Waals surface area contributed by atoms with Crippen molar-refractivity contribution in [3.63, 3.8) is 0 Å². The number of carboxylic acids is 1. The highest BCUT2D eigenvalue weighted by atomic mass is 32.2. The maximum absolute atomic E-state index is 13.4. The van der Waals surface area contributed by atoms with Crippen LogP contribution in [0.3, 0.4) is 0 Å². The molecule has 3 rings (SSSR count). The normalized spacial score (nSPS) is 24.8. The second kappa shape index (κ2) is 7.61. The van der Waals surface area contributed by atoms with Crippen molar-refractivity contribution in [2.45, 2.75) is 48.7 Å². The number of thioether (sulfide) groups is 1. The number of carbonyl (C=O) groups excluding carboxylic acids is 1. The van der Waals surface area contributed by atoms with Gasteiger partial charge in [-0.25, -0.2) is 0 Å². The Kier molecular flexibility index (Phi) is 5.63. The number of rotatable bonds is 6. The average Bonchev–Trinajstić information content (AvgIpc) is 3.26. The summed E-state index contributed by atoms with van der Waals surface area (Å²) in [6.07, 6.45) is 4.24. The fourth-order valence-electron chi connectivity index (χ4n) is 4.10. The second-order valence-corrected chi connectivity index (χ2v) is 9.07. The summed E-state index contributed by atoms with van der Waals surface area (Å²) >= 11 is 1.65. The average molecular weight is 378 g/mol. The van der Waals surface area contributed by atoms with Gasteiger partial charge in [-0.15, -0.1) is 11.8 Å². The van der Waals surface area contributed by atoms with Crippen LogP contribution < -0.4 is 0 Å². The fourth-order valence-corrected chi connectivity index (χ4v) is 5.53. The first kappa shape index (κ1) is 19.2. The van der Waals surface area contributed by atoms with Gasteiger partial charge < -0.3 is 14.7 Å². The van der Waals surface area contributed by atoms with Gasteiger partial charge >= 0.3 is 5.97 Å². The molecule has 1 amide bonds. The minimum Gasteiger partial charge on any atom is -0.481 e. The van der Waals surface area contributed by atoms with Gasteiger partial charge in [0, 0.05) is 25.1 Å². The Bertz CT molecular complexity index is 669. The molecule has 26 heavy (non-hydrogen) atoms. The lowest BCUT2D eigenvalue weighted by atomic mass is 9.88. The predicted molar refractivity (Wildman–Crippen MR) is 101 cm³/mol. The number of aliphatic carboxylic acids is 1. The van der Waals surface area contributed by atoms with Gasteiger partial charge in [0.15, 0.2) is 0 Å². The van der Waals surface area contributed by atoms with Crippen LogP contribution in [-0.4, -0.2) is 53.4 Å². The van der Waals surface area contributed by atoms with Crippen LogP contribution in [0.1, 0.15) is 37.7 Å². The molecular weight excluding hydrogens is 350 g/mol. The molecule has 1 aromatic rings. The molecule has 1 unspecified atom stereocenters. The van der Waals surface area contributed by atoms with Gasteiger partial charge in [0.25, 0.3) is 0 Å². The first-order chi connectivity index (χ1) is 12.4. The van der Waals surface area contributed by atoms with Gasteiger partial charge in [0.1, 0.15) is 5.41 Å². The van der Waals surface area contributed by atoms with Crippen molar-refractivity contribution in [3.8, 4) is 0 Å². The number of methoxy groups -OCH3 is 1. The molecule has 6 heteroatoms. The summed E-state index contributed by atoms with van der Waals surface area (Å²) in [6.45, 7) is 2.93. The highest BCUT2D eigenvalue weighted by molar-refractivity contribution is 8.01. The van der Waals surface area contributed by atoms with Crippen molar-refractivity contribution >= 4 is 23.6 Å². The lowest BCUT2D eigenvalue weighted by Crippen LogP contribution is -2.47. The zero-order valence-corrected chi connectivity index (χ0v) is 16.3. The first-order valence-electron chi connectivity index (χ1n) is 9.18. The van der Waals surface area contributed by atoms with Crippen LogP contribution in [0.2, 0.25) is 0 Å². The van der Waals surface area contributed by atoms with Gasteiger partial charge in [-0.2, -0.15) is 0 Å². The number of benzene rings is 1. The molecule has 1 saturated heterocycles. The number of carboxylic acid groups (broad SMARTS) is 1. The zero-order valence-electron chi connectivity index (χ0n) is 15.5. The van der Waals surface area contributed by atoms with Crippen LogP contribution in [0.5, 0.6) is 0 Å². The molecule has 1 atom stereocenters. The van der Waals surface area contributed by atoms with E-state index >= 15 is 0 Å². The van der Waals surface area contributed by atoms with Crippen molar-refractivity contribution < 1.29 is 19.4 Å². The minimum atomic E-state index is -0.973. The molecule has 1 aromatic carbocycles. The summed E-state index contributed by atoms with van der Waals surface area (Å²) in [5.41, 5.74) is 0.227. The lowest BCUT2D eigenvalue weighted by molar-refractivity contribution is -0.151. The van der Waals surface area contributed by atoms with E-state index in [1.807, 2.05) is 0 Å². The highest BCUT2D eigenvalue weighted by Gasteiger charge is 2.51. The van der Waals surface area contributed by atoms with E-state index in [1.54, 1.807) is 16.7 Å². The molecule has 1 aliphatic heterocycles. The van der Waals surface area contributed by atoms with Gasteiger partial charge in [-0.1, -0.05) is 30.5 Å². The molecule has 1 aliphatic carbocycles. The van der Waals surface area contributed by atoms with Crippen molar-refractivity contribution in [1.29, 1.82) is 0 Å². The third kappa shape index (κ3) is 3.62. The molecule has 1 heterocycles. The molecule has 5 nitrogen and oxygen atoms in total. The van der Waals surface area contributed by atoms with E-state index in [-0.39, 0.29) is 19.1 Å². The SMILES string of the molecule is COCC1(C(=O)O)CCN(C(=O)C2(Sc3ccc(C)cc3)CCCC2)C1. The number of amides is 1. The molecular formula is C20H27NO4S. The Morgan fingerprint density at radius 1 is 1.19 bits per heavy atom.